The zero-order valence-corrected chi connectivity index (χ0v) is 4.09. The fourth-order valence-corrected chi connectivity index (χ4v) is 0. The molecule has 0 aliphatic carbocycles. The maximum atomic E-state index is 8.74. The summed E-state index contributed by atoms with van der Waals surface area (Å²) in [5.74, 6) is 0. The normalized spacial score (nSPS) is 11.6. The number of rotatable bonds is 0. The van der Waals surface area contributed by atoms with E-state index >= 15 is 0 Å². The van der Waals surface area contributed by atoms with Crippen LogP contribution in [0, 0.1) is 0 Å². The molecule has 0 saturated heterocycles. The van der Waals surface area contributed by atoms with E-state index < -0.39 is 16.7 Å². The quantitative estimate of drug-likeness (QED) is 0.417. The predicted molar refractivity (Wildman–Crippen MR) is 3.59 cm³/mol. The molecular weight excluding hydrogens is 160 g/mol. The Morgan fingerprint density at radius 3 is 1.60 bits per heavy atom. The van der Waals surface area contributed by atoms with Crippen molar-refractivity contribution in [2.75, 3.05) is 0 Å². The first-order chi connectivity index (χ1) is 2.00. The molecule has 0 fully saturated rings. The van der Waals surface area contributed by atoms with Crippen LogP contribution in [0.1, 0.15) is 0 Å². The Morgan fingerprint density at radius 1 is 1.60 bits per heavy atom. The second kappa shape index (κ2) is 1.12. The summed E-state index contributed by atoms with van der Waals surface area (Å²) in [5, 5.41) is 0. The molecule has 0 atom stereocenters. The van der Waals surface area contributed by atoms with Gasteiger partial charge >= 0.3 is 31.1 Å². The SMILES string of the molecule is [O]=[Mo](=[O])([O-])[OH]. The van der Waals surface area contributed by atoms with E-state index in [0.29, 0.717) is 0 Å². The van der Waals surface area contributed by atoms with Crippen LogP contribution in [0.5, 0.6) is 0 Å². The van der Waals surface area contributed by atoms with Gasteiger partial charge in [-0.15, -0.1) is 0 Å². The Morgan fingerprint density at radius 2 is 1.60 bits per heavy atom. The minimum absolute atomic E-state index is 5.77. The molecular formula is HMoO4-. The van der Waals surface area contributed by atoms with Gasteiger partial charge in [0, 0.05) is 0 Å². The van der Waals surface area contributed by atoms with Crippen LogP contribution in [0.4, 0.5) is 0 Å². The van der Waals surface area contributed by atoms with E-state index in [9.17, 15) is 0 Å². The molecule has 0 spiro atoms. The molecule has 0 aromatic rings. The van der Waals surface area contributed by atoms with Gasteiger partial charge in [0.1, 0.15) is 0 Å². The summed E-state index contributed by atoms with van der Waals surface area (Å²) in [4.78, 5) is 0. The zero-order chi connectivity index (χ0) is 4.50. The van der Waals surface area contributed by atoms with Crippen molar-refractivity contribution in [2.24, 2.45) is 0 Å². The van der Waals surface area contributed by atoms with Crippen LogP contribution in [0.15, 0.2) is 0 Å². The third kappa shape index (κ3) is 473. The third-order valence-corrected chi connectivity index (χ3v) is 0. The van der Waals surface area contributed by atoms with Gasteiger partial charge in [-0.3, -0.25) is 0 Å². The van der Waals surface area contributed by atoms with Crippen molar-refractivity contribution in [3.63, 3.8) is 0 Å². The van der Waals surface area contributed by atoms with Gasteiger partial charge < -0.3 is 0 Å². The average molecular weight is 161 g/mol. The monoisotopic (exact) mass is 163 g/mol. The van der Waals surface area contributed by atoms with Crippen LogP contribution in [-0.2, 0) is 23.5 Å². The van der Waals surface area contributed by atoms with Crippen molar-refractivity contribution in [2.45, 2.75) is 0 Å². The molecule has 0 unspecified atom stereocenters. The Hall–Kier alpha value is 0.208. The third-order valence-electron chi connectivity index (χ3n) is 0. The molecule has 0 aliphatic rings. The van der Waals surface area contributed by atoms with E-state index in [0.717, 1.165) is 0 Å². The van der Waals surface area contributed by atoms with Crippen LogP contribution >= 0.6 is 0 Å². The maximum absolute atomic E-state index is 8.74. The van der Waals surface area contributed by atoms with Crippen LogP contribution in [0.25, 0.3) is 0 Å². The summed E-state index contributed by atoms with van der Waals surface area (Å²) < 4.78 is 33.3. The minimum atomic E-state index is -5.77. The summed E-state index contributed by atoms with van der Waals surface area (Å²) in [6.07, 6.45) is 0. The van der Waals surface area contributed by atoms with E-state index in [1.807, 2.05) is 0 Å². The summed E-state index contributed by atoms with van der Waals surface area (Å²) in [6.45, 7) is 0. The van der Waals surface area contributed by atoms with Gasteiger partial charge in [-0.1, -0.05) is 0 Å². The molecule has 0 rings (SSSR count). The molecule has 5 heteroatoms. The summed E-state index contributed by atoms with van der Waals surface area (Å²) in [5.41, 5.74) is 0. The van der Waals surface area contributed by atoms with Crippen LogP contribution in [0.2, 0.25) is 0 Å². The molecule has 0 aliphatic heterocycles. The molecule has 0 radical (unpaired) electrons. The molecule has 0 amide bonds. The molecule has 1 N–H and O–H groups in total. The van der Waals surface area contributed by atoms with Crippen LogP contribution in [-0.4, -0.2) is 3.76 Å². The molecule has 0 heterocycles. The van der Waals surface area contributed by atoms with Crippen molar-refractivity contribution in [1.82, 2.24) is 0 Å². The number of hydrogen-bond acceptors (Lipinski definition) is 3. The Kier molecular flexibility index (Phi) is 1.17. The molecule has 32 valence electrons. The van der Waals surface area contributed by atoms with Gasteiger partial charge in [0.05, 0.1) is 0 Å². The Balaban J connectivity index is 4.06. The van der Waals surface area contributed by atoms with Gasteiger partial charge in [-0.05, 0) is 0 Å². The van der Waals surface area contributed by atoms with Crippen LogP contribution in [0.3, 0.4) is 0 Å². The average Bonchev–Trinajstić information content (AvgIpc) is 0.722. The van der Waals surface area contributed by atoms with Crippen molar-refractivity contribution in [3.8, 4) is 0 Å². The second-order valence-electron chi connectivity index (χ2n) is 0.428. The van der Waals surface area contributed by atoms with Gasteiger partial charge in [0.15, 0.2) is 0 Å². The fourth-order valence-electron chi connectivity index (χ4n) is 0. The Bertz CT molecular complexity index is 86.8. The summed E-state index contributed by atoms with van der Waals surface area (Å²) in [6, 6.07) is 0. The Labute approximate surface area is 31.8 Å². The molecule has 0 bridgehead atoms. The zero-order valence-electron chi connectivity index (χ0n) is 2.08. The van der Waals surface area contributed by atoms with Gasteiger partial charge in [0.25, 0.3) is 0 Å². The molecule has 4 nitrogen and oxygen atoms in total. The summed E-state index contributed by atoms with van der Waals surface area (Å²) >= 11 is -5.77. The topological polar surface area (TPSA) is 77.4 Å². The predicted octanol–water partition coefficient (Wildman–Crippen LogP) is -1.99. The van der Waals surface area contributed by atoms with E-state index in [2.05, 4.69) is 0 Å². The van der Waals surface area contributed by atoms with Gasteiger partial charge in [0.2, 0.25) is 0 Å². The van der Waals surface area contributed by atoms with E-state index in [1.54, 1.807) is 0 Å². The van der Waals surface area contributed by atoms with Crippen LogP contribution < -0.4 is 3.76 Å². The molecule has 0 aromatic heterocycles. The van der Waals surface area contributed by atoms with Crippen molar-refractivity contribution in [1.29, 1.82) is 0 Å². The first kappa shape index (κ1) is 5.21. The van der Waals surface area contributed by atoms with Gasteiger partial charge in [-0.2, -0.15) is 0 Å². The second-order valence-corrected chi connectivity index (χ2v) is 2.53. The molecule has 0 saturated carbocycles. The first-order valence-electron chi connectivity index (χ1n) is 0.683. The van der Waals surface area contributed by atoms with Crippen molar-refractivity contribution < 1.29 is 31.1 Å². The number of hydrogen-bond donors (Lipinski definition) is 1. The van der Waals surface area contributed by atoms with Crippen molar-refractivity contribution >= 4 is 0 Å². The molecule has 5 heavy (non-hydrogen) atoms. The van der Waals surface area contributed by atoms with E-state index in [-0.39, 0.29) is 0 Å². The van der Waals surface area contributed by atoms with E-state index in [1.165, 1.54) is 0 Å². The first-order valence-corrected chi connectivity index (χ1v) is 4.04. The fraction of sp³-hybridized carbons (Fsp3) is 0. The van der Waals surface area contributed by atoms with Gasteiger partial charge in [-0.25, -0.2) is 0 Å². The summed E-state index contributed by atoms with van der Waals surface area (Å²) in [7, 11) is 0. The standard InChI is InChI=1S/Mo.H2O.3O/h;1H2;;;/q+1;;;;-1/p-1. The van der Waals surface area contributed by atoms with E-state index in [4.69, 9.17) is 14.3 Å². The molecule has 0 aromatic carbocycles. The van der Waals surface area contributed by atoms with Crippen molar-refractivity contribution in [3.05, 3.63) is 0 Å².